The van der Waals surface area contributed by atoms with Gasteiger partial charge in [0.25, 0.3) is 0 Å². The molecule has 0 aliphatic rings. The molecule has 1 unspecified atom stereocenters. The normalized spacial score (nSPS) is 13.7. The lowest BCUT2D eigenvalue weighted by molar-refractivity contribution is -0.124. The number of hydrogen-bond acceptors (Lipinski definition) is 3. The number of rotatable bonds is 5. The first-order valence-electron chi connectivity index (χ1n) is 5.89. The number of hydrogen-bond donors (Lipinski definition) is 3. The van der Waals surface area contributed by atoms with Gasteiger partial charge in [-0.1, -0.05) is 13.0 Å². The standard InChI is InChI=1S/C13H17FN2O3/c1-3-13(2,7-15)12(19)16-10-8(11(17)18)5-4-6-9(10)14/h4-6H,3,7,15H2,1-2H3,(H,16,19)(H,17,18). The summed E-state index contributed by atoms with van der Waals surface area (Å²) < 4.78 is 13.7. The van der Waals surface area contributed by atoms with Gasteiger partial charge in [0.05, 0.1) is 16.7 Å². The summed E-state index contributed by atoms with van der Waals surface area (Å²) in [4.78, 5) is 23.1. The smallest absolute Gasteiger partial charge is 0.337 e. The number of carbonyl (C=O) groups excluding carboxylic acids is 1. The predicted molar refractivity (Wildman–Crippen MR) is 69.4 cm³/mol. The molecule has 19 heavy (non-hydrogen) atoms. The molecule has 5 nitrogen and oxygen atoms in total. The maximum Gasteiger partial charge on any atom is 0.337 e. The van der Waals surface area contributed by atoms with Crippen molar-refractivity contribution in [1.29, 1.82) is 0 Å². The lowest BCUT2D eigenvalue weighted by Crippen LogP contribution is -2.39. The van der Waals surface area contributed by atoms with Crippen molar-refractivity contribution in [2.45, 2.75) is 20.3 Å². The van der Waals surface area contributed by atoms with Crippen LogP contribution in [0.15, 0.2) is 18.2 Å². The van der Waals surface area contributed by atoms with Gasteiger partial charge in [-0.25, -0.2) is 9.18 Å². The fraction of sp³-hybridized carbons (Fsp3) is 0.385. The Bertz CT molecular complexity index is 499. The molecule has 104 valence electrons. The highest BCUT2D eigenvalue weighted by Gasteiger charge is 2.31. The van der Waals surface area contributed by atoms with E-state index < -0.39 is 23.1 Å². The molecule has 0 spiro atoms. The average Bonchev–Trinajstić information content (AvgIpc) is 2.39. The monoisotopic (exact) mass is 268 g/mol. The number of halogens is 1. The van der Waals surface area contributed by atoms with Crippen molar-refractivity contribution in [3.8, 4) is 0 Å². The van der Waals surface area contributed by atoms with Crippen LogP contribution in [0.3, 0.4) is 0 Å². The third kappa shape index (κ3) is 3.08. The van der Waals surface area contributed by atoms with Crippen molar-refractivity contribution in [3.05, 3.63) is 29.6 Å². The quantitative estimate of drug-likeness (QED) is 0.759. The Hall–Kier alpha value is -1.95. The topological polar surface area (TPSA) is 92.4 Å². The number of benzene rings is 1. The van der Waals surface area contributed by atoms with Crippen LogP contribution in [0, 0.1) is 11.2 Å². The molecule has 0 fully saturated rings. The number of carbonyl (C=O) groups is 2. The van der Waals surface area contributed by atoms with E-state index in [4.69, 9.17) is 10.8 Å². The van der Waals surface area contributed by atoms with Crippen LogP contribution in [-0.4, -0.2) is 23.5 Å². The van der Waals surface area contributed by atoms with E-state index in [1.165, 1.54) is 12.1 Å². The highest BCUT2D eigenvalue weighted by Crippen LogP contribution is 2.25. The van der Waals surface area contributed by atoms with Gasteiger partial charge in [-0.2, -0.15) is 0 Å². The number of nitrogens with one attached hydrogen (secondary N) is 1. The number of carboxylic acids is 1. The molecular weight excluding hydrogens is 251 g/mol. The molecule has 6 heteroatoms. The Morgan fingerprint density at radius 3 is 2.58 bits per heavy atom. The first-order valence-corrected chi connectivity index (χ1v) is 5.89. The molecule has 0 aromatic heterocycles. The number of amides is 1. The Morgan fingerprint density at radius 2 is 2.11 bits per heavy atom. The van der Waals surface area contributed by atoms with Crippen molar-refractivity contribution in [2.75, 3.05) is 11.9 Å². The van der Waals surface area contributed by atoms with Crippen LogP contribution in [0.2, 0.25) is 0 Å². The van der Waals surface area contributed by atoms with Crippen molar-refractivity contribution in [3.63, 3.8) is 0 Å². The first kappa shape index (κ1) is 15.1. The van der Waals surface area contributed by atoms with E-state index in [1.54, 1.807) is 13.8 Å². The van der Waals surface area contributed by atoms with Crippen LogP contribution in [-0.2, 0) is 4.79 Å². The molecule has 1 amide bonds. The largest absolute Gasteiger partial charge is 0.478 e. The molecule has 0 heterocycles. The SMILES string of the molecule is CCC(C)(CN)C(=O)Nc1c(F)cccc1C(=O)O. The van der Waals surface area contributed by atoms with Crippen molar-refractivity contribution in [2.24, 2.45) is 11.1 Å². The third-order valence-electron chi connectivity index (χ3n) is 3.26. The molecule has 0 saturated carbocycles. The fourth-order valence-electron chi connectivity index (χ4n) is 1.49. The zero-order chi connectivity index (χ0) is 14.6. The zero-order valence-electron chi connectivity index (χ0n) is 10.9. The van der Waals surface area contributed by atoms with Crippen LogP contribution in [0.4, 0.5) is 10.1 Å². The summed E-state index contributed by atoms with van der Waals surface area (Å²) in [6, 6.07) is 3.59. The van der Waals surface area contributed by atoms with E-state index in [0.717, 1.165) is 6.07 Å². The van der Waals surface area contributed by atoms with Crippen LogP contribution >= 0.6 is 0 Å². The summed E-state index contributed by atoms with van der Waals surface area (Å²) in [5.74, 6) is -2.59. The summed E-state index contributed by atoms with van der Waals surface area (Å²) in [5.41, 5.74) is 4.06. The molecule has 0 bridgehead atoms. The molecule has 1 aromatic carbocycles. The Labute approximate surface area is 110 Å². The number of anilines is 1. The highest BCUT2D eigenvalue weighted by atomic mass is 19.1. The van der Waals surface area contributed by atoms with Crippen LogP contribution in [0.1, 0.15) is 30.6 Å². The second kappa shape index (κ2) is 5.79. The van der Waals surface area contributed by atoms with Crippen LogP contribution in [0.5, 0.6) is 0 Å². The molecule has 0 radical (unpaired) electrons. The second-order valence-electron chi connectivity index (χ2n) is 4.54. The van der Waals surface area contributed by atoms with Gasteiger partial charge in [-0.3, -0.25) is 4.79 Å². The molecule has 1 atom stereocenters. The minimum atomic E-state index is -1.30. The van der Waals surface area contributed by atoms with Gasteiger partial charge in [0.1, 0.15) is 5.82 Å². The zero-order valence-corrected chi connectivity index (χ0v) is 10.9. The molecule has 0 aliphatic heterocycles. The van der Waals surface area contributed by atoms with Crippen LogP contribution < -0.4 is 11.1 Å². The Kier molecular flexibility index (Phi) is 4.61. The second-order valence-corrected chi connectivity index (χ2v) is 4.54. The number of para-hydroxylation sites is 1. The van der Waals surface area contributed by atoms with E-state index in [9.17, 15) is 14.0 Å². The summed E-state index contributed by atoms with van der Waals surface area (Å²) in [7, 11) is 0. The molecule has 4 N–H and O–H groups in total. The minimum absolute atomic E-state index is 0.0895. The average molecular weight is 268 g/mol. The molecule has 1 aromatic rings. The van der Waals surface area contributed by atoms with E-state index in [2.05, 4.69) is 5.32 Å². The van der Waals surface area contributed by atoms with E-state index in [0.29, 0.717) is 6.42 Å². The fourth-order valence-corrected chi connectivity index (χ4v) is 1.49. The molecular formula is C13H17FN2O3. The summed E-state index contributed by atoms with van der Waals surface area (Å²) in [5, 5.41) is 11.3. The van der Waals surface area contributed by atoms with Gasteiger partial charge in [-0.15, -0.1) is 0 Å². The van der Waals surface area contributed by atoms with E-state index >= 15 is 0 Å². The van der Waals surface area contributed by atoms with Gasteiger partial charge < -0.3 is 16.2 Å². The number of carboxylic acid groups (broad SMARTS) is 1. The van der Waals surface area contributed by atoms with Crippen molar-refractivity contribution >= 4 is 17.6 Å². The Morgan fingerprint density at radius 1 is 1.47 bits per heavy atom. The van der Waals surface area contributed by atoms with Crippen molar-refractivity contribution < 1.29 is 19.1 Å². The minimum Gasteiger partial charge on any atom is -0.478 e. The van der Waals surface area contributed by atoms with Gasteiger partial charge in [0.15, 0.2) is 0 Å². The van der Waals surface area contributed by atoms with Gasteiger partial charge >= 0.3 is 5.97 Å². The third-order valence-corrected chi connectivity index (χ3v) is 3.26. The lowest BCUT2D eigenvalue weighted by Gasteiger charge is -2.25. The number of nitrogens with two attached hydrogens (primary N) is 1. The summed E-state index contributed by atoms with van der Waals surface area (Å²) in [6.45, 7) is 3.52. The van der Waals surface area contributed by atoms with Gasteiger partial charge in [0, 0.05) is 6.54 Å². The Balaban J connectivity index is 3.13. The first-order chi connectivity index (χ1) is 8.85. The highest BCUT2D eigenvalue weighted by molar-refractivity contribution is 6.02. The molecule has 1 rings (SSSR count). The number of aromatic carboxylic acids is 1. The summed E-state index contributed by atoms with van der Waals surface area (Å²) in [6.07, 6.45) is 0.464. The summed E-state index contributed by atoms with van der Waals surface area (Å²) >= 11 is 0. The van der Waals surface area contributed by atoms with Crippen molar-refractivity contribution in [1.82, 2.24) is 0 Å². The molecule has 0 aliphatic carbocycles. The lowest BCUT2D eigenvalue weighted by atomic mass is 9.86. The molecule has 0 saturated heterocycles. The predicted octanol–water partition coefficient (Wildman–Crippen LogP) is 1.84. The van der Waals surface area contributed by atoms with Gasteiger partial charge in [0.2, 0.25) is 5.91 Å². The maximum atomic E-state index is 13.7. The van der Waals surface area contributed by atoms with Gasteiger partial charge in [-0.05, 0) is 25.5 Å². The van der Waals surface area contributed by atoms with Crippen LogP contribution in [0.25, 0.3) is 0 Å². The maximum absolute atomic E-state index is 13.7. The van der Waals surface area contributed by atoms with E-state index in [-0.39, 0.29) is 17.8 Å². The van der Waals surface area contributed by atoms with E-state index in [1.807, 2.05) is 0 Å².